The molecule has 0 bridgehead atoms. The second-order valence-corrected chi connectivity index (χ2v) is 4.02. The summed E-state index contributed by atoms with van der Waals surface area (Å²) in [7, 11) is 0. The minimum absolute atomic E-state index is 0.00582. The van der Waals surface area contributed by atoms with Crippen LogP contribution in [0.15, 0.2) is 42.5 Å². The van der Waals surface area contributed by atoms with Crippen molar-refractivity contribution in [2.75, 3.05) is 0 Å². The number of aryl methyl sites for hydroxylation is 1. The fourth-order valence-corrected chi connectivity index (χ4v) is 1.40. The molecule has 0 unspecified atom stereocenters. The summed E-state index contributed by atoms with van der Waals surface area (Å²) >= 11 is 0. The van der Waals surface area contributed by atoms with E-state index in [2.05, 4.69) is 18.7 Å². The van der Waals surface area contributed by atoms with Crippen LogP contribution >= 0.6 is 0 Å². The van der Waals surface area contributed by atoms with Gasteiger partial charge >= 0.3 is 0 Å². The average Bonchev–Trinajstić information content (AvgIpc) is 2.26. The maximum absolute atomic E-state index is 11.7. The molecule has 0 spiro atoms. The summed E-state index contributed by atoms with van der Waals surface area (Å²) in [4.78, 5) is 11.7. The van der Waals surface area contributed by atoms with Crippen LogP contribution in [0.1, 0.15) is 25.8 Å². The quantitative estimate of drug-likeness (QED) is 0.669. The van der Waals surface area contributed by atoms with Gasteiger partial charge in [-0.1, -0.05) is 49.4 Å². The minimum atomic E-state index is -0.00582. The molecule has 0 N–H and O–H groups in total. The summed E-state index contributed by atoms with van der Waals surface area (Å²) in [5.74, 6) is 0.278. The van der Waals surface area contributed by atoms with E-state index < -0.39 is 0 Å². The van der Waals surface area contributed by atoms with Gasteiger partial charge in [-0.05, 0) is 18.9 Å². The maximum atomic E-state index is 11.7. The van der Waals surface area contributed by atoms with Crippen LogP contribution in [-0.4, -0.2) is 5.78 Å². The molecule has 80 valence electrons. The first-order valence-corrected chi connectivity index (χ1v) is 5.33. The van der Waals surface area contributed by atoms with Crippen molar-refractivity contribution in [1.29, 1.82) is 0 Å². The Morgan fingerprint density at radius 1 is 1.33 bits per heavy atom. The van der Waals surface area contributed by atoms with Crippen molar-refractivity contribution in [3.8, 4) is 0 Å². The molecule has 0 aliphatic rings. The van der Waals surface area contributed by atoms with Gasteiger partial charge in [0, 0.05) is 12.3 Å². The van der Waals surface area contributed by atoms with Crippen LogP contribution in [0.5, 0.6) is 0 Å². The smallest absolute Gasteiger partial charge is 0.140 e. The van der Waals surface area contributed by atoms with E-state index in [0.717, 1.165) is 12.0 Å². The molecule has 0 amide bonds. The van der Waals surface area contributed by atoms with Crippen molar-refractivity contribution in [3.05, 3.63) is 48.0 Å². The summed E-state index contributed by atoms with van der Waals surface area (Å²) in [6, 6.07) is 10.1. The predicted octanol–water partition coefficient (Wildman–Crippen LogP) is 3.40. The van der Waals surface area contributed by atoms with Gasteiger partial charge in [0.15, 0.2) is 0 Å². The molecule has 0 aromatic heterocycles. The third kappa shape index (κ3) is 3.70. The van der Waals surface area contributed by atoms with Crippen molar-refractivity contribution in [2.24, 2.45) is 5.92 Å². The second-order valence-electron chi connectivity index (χ2n) is 4.02. The number of carbonyl (C=O) groups excluding carboxylic acids is 1. The first-order chi connectivity index (χ1) is 7.11. The molecule has 1 aromatic rings. The van der Waals surface area contributed by atoms with Crippen molar-refractivity contribution >= 4 is 5.78 Å². The third-order valence-corrected chi connectivity index (χ3v) is 2.73. The largest absolute Gasteiger partial charge is 0.299 e. The topological polar surface area (TPSA) is 17.1 Å². The number of hydrogen-bond acceptors (Lipinski definition) is 1. The Balaban J connectivity index is 2.44. The van der Waals surface area contributed by atoms with Crippen LogP contribution in [0.2, 0.25) is 0 Å². The monoisotopic (exact) mass is 202 g/mol. The van der Waals surface area contributed by atoms with E-state index in [1.54, 1.807) is 0 Å². The molecule has 0 heterocycles. The Hall–Kier alpha value is -1.37. The van der Waals surface area contributed by atoms with Crippen molar-refractivity contribution in [3.63, 3.8) is 0 Å². The van der Waals surface area contributed by atoms with E-state index in [0.29, 0.717) is 6.42 Å². The van der Waals surface area contributed by atoms with Crippen LogP contribution in [-0.2, 0) is 11.2 Å². The molecule has 1 atom stereocenters. The Labute approximate surface area is 91.8 Å². The summed E-state index contributed by atoms with van der Waals surface area (Å²) in [6.07, 6.45) is 1.44. The lowest BCUT2D eigenvalue weighted by molar-refractivity contribution is -0.121. The Kier molecular flexibility index (Phi) is 4.29. The van der Waals surface area contributed by atoms with Gasteiger partial charge in [0.2, 0.25) is 0 Å². The van der Waals surface area contributed by atoms with Gasteiger partial charge in [-0.15, -0.1) is 0 Å². The van der Waals surface area contributed by atoms with Gasteiger partial charge in [-0.25, -0.2) is 0 Å². The standard InChI is InChI=1S/C14H18O/c1-11(2)12(3)14(15)10-9-13-7-5-4-6-8-13/h4-8,12H,1,9-10H2,2-3H3/t12-/m0/s1. The van der Waals surface area contributed by atoms with Gasteiger partial charge in [0.1, 0.15) is 5.78 Å². The molecule has 0 fully saturated rings. The van der Waals surface area contributed by atoms with Crippen molar-refractivity contribution in [1.82, 2.24) is 0 Å². The molecule has 1 heteroatoms. The van der Waals surface area contributed by atoms with Gasteiger partial charge in [0.25, 0.3) is 0 Å². The number of rotatable bonds is 5. The van der Waals surface area contributed by atoms with Gasteiger partial charge < -0.3 is 0 Å². The number of allylic oxidation sites excluding steroid dienone is 1. The van der Waals surface area contributed by atoms with Crippen molar-refractivity contribution < 1.29 is 4.79 Å². The highest BCUT2D eigenvalue weighted by Crippen LogP contribution is 2.12. The lowest BCUT2D eigenvalue weighted by Gasteiger charge is -2.09. The molecular weight excluding hydrogens is 184 g/mol. The fraction of sp³-hybridized carbons (Fsp3) is 0.357. The van der Waals surface area contributed by atoms with Crippen LogP contribution in [0.3, 0.4) is 0 Å². The average molecular weight is 202 g/mol. The Morgan fingerprint density at radius 3 is 2.47 bits per heavy atom. The van der Waals surface area contributed by atoms with E-state index >= 15 is 0 Å². The number of benzene rings is 1. The molecule has 0 aliphatic heterocycles. The van der Waals surface area contributed by atoms with Crippen LogP contribution in [0.25, 0.3) is 0 Å². The predicted molar refractivity (Wildman–Crippen MR) is 63.7 cm³/mol. The van der Waals surface area contributed by atoms with Gasteiger partial charge in [-0.3, -0.25) is 4.79 Å². The number of hydrogen-bond donors (Lipinski definition) is 0. The highest BCUT2D eigenvalue weighted by molar-refractivity contribution is 5.83. The normalized spacial score (nSPS) is 12.1. The molecular formula is C14H18O. The lowest BCUT2D eigenvalue weighted by atomic mass is 9.95. The zero-order valence-electron chi connectivity index (χ0n) is 9.49. The second kappa shape index (κ2) is 5.50. The number of ketones is 1. The molecule has 0 saturated heterocycles. The van der Waals surface area contributed by atoms with Crippen LogP contribution in [0.4, 0.5) is 0 Å². The first-order valence-electron chi connectivity index (χ1n) is 5.33. The van der Waals surface area contributed by atoms with E-state index in [9.17, 15) is 4.79 Å². The van der Waals surface area contributed by atoms with Crippen LogP contribution < -0.4 is 0 Å². The molecule has 1 aromatic carbocycles. The molecule has 1 rings (SSSR count). The Morgan fingerprint density at radius 2 is 1.93 bits per heavy atom. The molecule has 0 radical (unpaired) electrons. The van der Waals surface area contributed by atoms with E-state index in [-0.39, 0.29) is 11.7 Å². The summed E-state index contributed by atoms with van der Waals surface area (Å²) < 4.78 is 0. The molecule has 15 heavy (non-hydrogen) atoms. The lowest BCUT2D eigenvalue weighted by Crippen LogP contribution is -2.12. The highest BCUT2D eigenvalue weighted by atomic mass is 16.1. The van der Waals surface area contributed by atoms with E-state index in [4.69, 9.17) is 0 Å². The van der Waals surface area contributed by atoms with Gasteiger partial charge in [0.05, 0.1) is 0 Å². The number of carbonyl (C=O) groups is 1. The minimum Gasteiger partial charge on any atom is -0.299 e. The fourth-order valence-electron chi connectivity index (χ4n) is 1.40. The molecule has 0 aliphatic carbocycles. The summed E-state index contributed by atoms with van der Waals surface area (Å²) in [5, 5.41) is 0. The van der Waals surface area contributed by atoms with E-state index in [1.165, 1.54) is 5.56 Å². The summed E-state index contributed by atoms with van der Waals surface area (Å²) in [6.45, 7) is 7.64. The van der Waals surface area contributed by atoms with Gasteiger partial charge in [-0.2, -0.15) is 0 Å². The first kappa shape index (κ1) is 11.7. The SMILES string of the molecule is C=C(C)[C@H](C)C(=O)CCc1ccccc1. The Bertz CT molecular complexity index is 338. The van der Waals surface area contributed by atoms with E-state index in [1.807, 2.05) is 32.0 Å². The summed E-state index contributed by atoms with van der Waals surface area (Å²) in [5.41, 5.74) is 2.17. The highest BCUT2D eigenvalue weighted by Gasteiger charge is 2.12. The van der Waals surface area contributed by atoms with Crippen LogP contribution in [0, 0.1) is 5.92 Å². The zero-order valence-corrected chi connectivity index (χ0v) is 9.49. The molecule has 0 saturated carbocycles. The van der Waals surface area contributed by atoms with Crippen molar-refractivity contribution in [2.45, 2.75) is 26.7 Å². The zero-order chi connectivity index (χ0) is 11.3. The third-order valence-electron chi connectivity index (χ3n) is 2.73. The molecule has 1 nitrogen and oxygen atoms in total. The maximum Gasteiger partial charge on any atom is 0.140 e. The number of Topliss-reactive ketones (excluding diaryl/α,β-unsaturated/α-hetero) is 1.